The highest BCUT2D eigenvalue weighted by Gasteiger charge is 2.25. The highest BCUT2D eigenvalue weighted by molar-refractivity contribution is 5.94. The van der Waals surface area contributed by atoms with Crippen LogP contribution in [0.25, 0.3) is 0 Å². The minimum Gasteiger partial charge on any atom is -0.497 e. The maximum Gasteiger partial charge on any atom is 0.254 e. The van der Waals surface area contributed by atoms with Crippen LogP contribution in [0.4, 0.5) is 0 Å². The fourth-order valence-electron chi connectivity index (χ4n) is 3.41. The maximum absolute atomic E-state index is 12.7. The van der Waals surface area contributed by atoms with E-state index in [9.17, 15) is 4.79 Å². The van der Waals surface area contributed by atoms with E-state index in [1.807, 2.05) is 35.2 Å². The Bertz CT molecular complexity index is 786. The van der Waals surface area contributed by atoms with Crippen LogP contribution in [0.15, 0.2) is 42.5 Å². The number of quaternary nitrogens is 1. The van der Waals surface area contributed by atoms with Gasteiger partial charge in [-0.05, 0) is 30.3 Å². The van der Waals surface area contributed by atoms with E-state index >= 15 is 0 Å². The number of carbonyl (C=O) groups excluding carboxylic acids is 1. The van der Waals surface area contributed by atoms with Crippen molar-refractivity contribution in [3.8, 4) is 17.2 Å². The molecule has 2 aromatic rings. The first-order valence-corrected chi connectivity index (χ1v) is 9.12. The number of rotatable bonds is 6. The second-order valence-electron chi connectivity index (χ2n) is 6.63. The number of carbonyl (C=O) groups is 1. The zero-order valence-electron chi connectivity index (χ0n) is 16.2. The summed E-state index contributed by atoms with van der Waals surface area (Å²) in [5.74, 6) is 2.41. The quantitative estimate of drug-likeness (QED) is 0.831. The standard InChI is InChI=1S/C21H26N2O4/c1-25-18-6-4-5-16(13-18)21(24)23-11-9-22(10-12-23)15-17-7-8-19(26-2)14-20(17)27-3/h4-8,13-14H,9-12,15H2,1-3H3/p+1. The first kappa shape index (κ1) is 19.0. The van der Waals surface area contributed by atoms with Gasteiger partial charge in [-0.2, -0.15) is 0 Å². The zero-order valence-corrected chi connectivity index (χ0v) is 16.2. The molecule has 1 aliphatic rings. The molecule has 144 valence electrons. The van der Waals surface area contributed by atoms with Crippen LogP contribution < -0.4 is 19.1 Å². The summed E-state index contributed by atoms with van der Waals surface area (Å²) in [6.07, 6.45) is 0. The van der Waals surface area contributed by atoms with Gasteiger partial charge in [0.1, 0.15) is 23.8 Å². The molecule has 0 saturated carbocycles. The number of amides is 1. The van der Waals surface area contributed by atoms with Crippen molar-refractivity contribution in [2.75, 3.05) is 47.5 Å². The number of ether oxygens (including phenoxy) is 3. The fourth-order valence-corrected chi connectivity index (χ4v) is 3.41. The molecule has 0 unspecified atom stereocenters. The van der Waals surface area contributed by atoms with Gasteiger partial charge in [-0.1, -0.05) is 6.07 Å². The highest BCUT2D eigenvalue weighted by atomic mass is 16.5. The SMILES string of the molecule is COc1cccc(C(=O)N2CC[NH+](Cc3ccc(OC)cc3OC)CC2)c1. The number of benzene rings is 2. The van der Waals surface area contributed by atoms with E-state index in [2.05, 4.69) is 6.07 Å². The summed E-state index contributed by atoms with van der Waals surface area (Å²) in [6.45, 7) is 4.16. The number of methoxy groups -OCH3 is 3. The maximum atomic E-state index is 12.7. The molecule has 1 N–H and O–H groups in total. The van der Waals surface area contributed by atoms with Gasteiger partial charge < -0.3 is 24.0 Å². The van der Waals surface area contributed by atoms with Gasteiger partial charge >= 0.3 is 0 Å². The summed E-state index contributed by atoms with van der Waals surface area (Å²) in [5.41, 5.74) is 1.83. The molecule has 6 nitrogen and oxygen atoms in total. The van der Waals surface area contributed by atoms with Crippen LogP contribution in [0.3, 0.4) is 0 Å². The smallest absolute Gasteiger partial charge is 0.254 e. The lowest BCUT2D eigenvalue weighted by atomic mass is 10.1. The third-order valence-electron chi connectivity index (χ3n) is 5.01. The van der Waals surface area contributed by atoms with Crippen molar-refractivity contribution in [1.82, 2.24) is 4.90 Å². The molecule has 0 bridgehead atoms. The molecule has 6 heteroatoms. The Labute approximate surface area is 160 Å². The average molecular weight is 371 g/mol. The van der Waals surface area contributed by atoms with Crippen LogP contribution in [0, 0.1) is 0 Å². The van der Waals surface area contributed by atoms with E-state index in [-0.39, 0.29) is 5.91 Å². The molecule has 0 aliphatic carbocycles. The van der Waals surface area contributed by atoms with Crippen LogP contribution in [0.1, 0.15) is 15.9 Å². The molecule has 27 heavy (non-hydrogen) atoms. The summed E-state index contributed by atoms with van der Waals surface area (Å²) in [7, 11) is 4.94. The molecule has 1 fully saturated rings. The van der Waals surface area contributed by atoms with Crippen LogP contribution >= 0.6 is 0 Å². The van der Waals surface area contributed by atoms with Gasteiger partial charge in [-0.25, -0.2) is 0 Å². The minimum atomic E-state index is 0.0648. The van der Waals surface area contributed by atoms with E-state index in [4.69, 9.17) is 14.2 Å². The average Bonchev–Trinajstić information content (AvgIpc) is 2.74. The van der Waals surface area contributed by atoms with Gasteiger partial charge in [0.05, 0.1) is 47.5 Å². The molecule has 0 atom stereocenters. The van der Waals surface area contributed by atoms with Crippen molar-refractivity contribution in [3.05, 3.63) is 53.6 Å². The predicted octanol–water partition coefficient (Wildman–Crippen LogP) is 1.25. The van der Waals surface area contributed by atoms with E-state index in [1.54, 1.807) is 27.4 Å². The lowest BCUT2D eigenvalue weighted by molar-refractivity contribution is -0.917. The molecule has 0 spiro atoms. The van der Waals surface area contributed by atoms with Crippen LogP contribution in [-0.4, -0.2) is 58.3 Å². The van der Waals surface area contributed by atoms with E-state index in [0.29, 0.717) is 11.3 Å². The molecule has 1 saturated heterocycles. The van der Waals surface area contributed by atoms with Gasteiger partial charge in [0.25, 0.3) is 5.91 Å². The molecule has 0 radical (unpaired) electrons. The molecular formula is C21H27N2O4+. The molecule has 0 aromatic heterocycles. The second-order valence-corrected chi connectivity index (χ2v) is 6.63. The first-order chi connectivity index (χ1) is 13.1. The molecule has 1 heterocycles. The van der Waals surface area contributed by atoms with E-state index in [1.165, 1.54) is 4.90 Å². The molecule has 3 rings (SSSR count). The molecule has 1 amide bonds. The van der Waals surface area contributed by atoms with Crippen molar-refractivity contribution in [2.45, 2.75) is 6.54 Å². The van der Waals surface area contributed by atoms with Gasteiger partial charge in [0.15, 0.2) is 0 Å². The van der Waals surface area contributed by atoms with Crippen molar-refractivity contribution in [2.24, 2.45) is 0 Å². The first-order valence-electron chi connectivity index (χ1n) is 9.12. The normalized spacial score (nSPS) is 14.7. The number of nitrogens with one attached hydrogen (secondary N) is 1. The van der Waals surface area contributed by atoms with Gasteiger partial charge in [-0.15, -0.1) is 0 Å². The molecule has 2 aromatic carbocycles. The minimum absolute atomic E-state index is 0.0648. The van der Waals surface area contributed by atoms with Crippen LogP contribution in [0.5, 0.6) is 17.2 Å². The van der Waals surface area contributed by atoms with Crippen molar-refractivity contribution >= 4 is 5.91 Å². The zero-order chi connectivity index (χ0) is 19.2. The van der Waals surface area contributed by atoms with E-state index < -0.39 is 0 Å². The van der Waals surface area contributed by atoms with Crippen molar-refractivity contribution in [3.63, 3.8) is 0 Å². The van der Waals surface area contributed by atoms with E-state index in [0.717, 1.165) is 49.8 Å². The Morgan fingerprint density at radius 3 is 2.33 bits per heavy atom. The van der Waals surface area contributed by atoms with Crippen molar-refractivity contribution in [1.29, 1.82) is 0 Å². The summed E-state index contributed by atoms with van der Waals surface area (Å²) in [6, 6.07) is 13.3. The number of hydrogen-bond acceptors (Lipinski definition) is 4. The van der Waals surface area contributed by atoms with Crippen LogP contribution in [0.2, 0.25) is 0 Å². The Balaban J connectivity index is 1.59. The highest BCUT2D eigenvalue weighted by Crippen LogP contribution is 2.24. The lowest BCUT2D eigenvalue weighted by Gasteiger charge is -2.32. The summed E-state index contributed by atoms with van der Waals surface area (Å²) in [5, 5.41) is 0. The Morgan fingerprint density at radius 1 is 0.963 bits per heavy atom. The summed E-state index contributed by atoms with van der Waals surface area (Å²) in [4.78, 5) is 16.1. The Morgan fingerprint density at radius 2 is 1.67 bits per heavy atom. The summed E-state index contributed by atoms with van der Waals surface area (Å²) < 4.78 is 16.0. The molecular weight excluding hydrogens is 344 g/mol. The largest absolute Gasteiger partial charge is 0.497 e. The third kappa shape index (κ3) is 4.52. The number of hydrogen-bond donors (Lipinski definition) is 1. The van der Waals surface area contributed by atoms with Gasteiger partial charge in [-0.3, -0.25) is 4.79 Å². The molecule has 1 aliphatic heterocycles. The number of piperazine rings is 1. The number of nitrogens with zero attached hydrogens (tertiary/aromatic N) is 1. The second kappa shape index (κ2) is 8.77. The Kier molecular flexibility index (Phi) is 6.19. The third-order valence-corrected chi connectivity index (χ3v) is 5.01. The van der Waals surface area contributed by atoms with Gasteiger partial charge in [0.2, 0.25) is 0 Å². The monoisotopic (exact) mass is 371 g/mol. The fraction of sp³-hybridized carbons (Fsp3) is 0.381. The lowest BCUT2D eigenvalue weighted by Crippen LogP contribution is -3.13. The Hall–Kier alpha value is -2.73. The van der Waals surface area contributed by atoms with Crippen molar-refractivity contribution < 1.29 is 23.9 Å². The summed E-state index contributed by atoms with van der Waals surface area (Å²) >= 11 is 0. The topological polar surface area (TPSA) is 52.4 Å². The van der Waals surface area contributed by atoms with Crippen LogP contribution in [-0.2, 0) is 6.54 Å². The predicted molar refractivity (Wildman–Crippen MR) is 103 cm³/mol. The van der Waals surface area contributed by atoms with Gasteiger partial charge in [0, 0.05) is 17.2 Å².